The largest absolute Gasteiger partial charge is 0.370 e. The molecule has 2 heteroatoms. The number of ether oxygens (including phenoxy) is 1. The zero-order chi connectivity index (χ0) is 6.95. The van der Waals surface area contributed by atoms with E-state index in [1.807, 2.05) is 12.2 Å². The molecular formula is C7H12O2. The van der Waals surface area contributed by atoms with Crippen molar-refractivity contribution in [3.63, 3.8) is 0 Å². The van der Waals surface area contributed by atoms with E-state index >= 15 is 0 Å². The van der Waals surface area contributed by atoms with Gasteiger partial charge >= 0.3 is 0 Å². The number of carbonyl (C=O) groups is 1. The zero-order valence-electron chi connectivity index (χ0n) is 5.67. The van der Waals surface area contributed by atoms with Gasteiger partial charge in [0.25, 0.3) is 0 Å². The lowest BCUT2D eigenvalue weighted by Crippen LogP contribution is -1.93. The van der Waals surface area contributed by atoms with E-state index in [0.29, 0.717) is 6.61 Å². The Morgan fingerprint density at radius 1 is 1.33 bits per heavy atom. The Morgan fingerprint density at radius 2 is 2.11 bits per heavy atom. The Bertz CT molecular complexity index is 86.9. The van der Waals surface area contributed by atoms with Crippen LogP contribution in [0.15, 0.2) is 12.2 Å². The molecule has 9 heavy (non-hydrogen) atoms. The van der Waals surface area contributed by atoms with Gasteiger partial charge in [0.1, 0.15) is 12.9 Å². The molecular weight excluding hydrogens is 116 g/mol. The van der Waals surface area contributed by atoms with E-state index in [1.165, 1.54) is 0 Å². The number of carbonyl (C=O) groups excluding carboxylic acids is 1. The first-order chi connectivity index (χ1) is 4.41. The van der Waals surface area contributed by atoms with E-state index in [2.05, 4.69) is 6.92 Å². The van der Waals surface area contributed by atoms with Crippen molar-refractivity contribution < 1.29 is 9.53 Å². The summed E-state index contributed by atoms with van der Waals surface area (Å²) >= 11 is 0. The van der Waals surface area contributed by atoms with Crippen LogP contribution in [0.2, 0.25) is 0 Å². The molecule has 0 atom stereocenters. The average molecular weight is 128 g/mol. The highest BCUT2D eigenvalue weighted by molar-refractivity contribution is 5.50. The van der Waals surface area contributed by atoms with Crippen LogP contribution in [0.3, 0.4) is 0 Å². The predicted molar refractivity (Wildman–Crippen MR) is 36.3 cm³/mol. The lowest BCUT2D eigenvalue weighted by molar-refractivity contribution is -0.111. The second-order valence-electron chi connectivity index (χ2n) is 1.58. The zero-order valence-corrected chi connectivity index (χ0v) is 5.67. The molecule has 0 saturated heterocycles. The molecule has 52 valence electrons. The van der Waals surface area contributed by atoms with Crippen molar-refractivity contribution in [1.29, 1.82) is 0 Å². The highest BCUT2D eigenvalue weighted by Gasteiger charge is 1.76. The highest BCUT2D eigenvalue weighted by Crippen LogP contribution is 1.79. The molecule has 0 bridgehead atoms. The van der Waals surface area contributed by atoms with Gasteiger partial charge in [-0.05, 0) is 6.42 Å². The van der Waals surface area contributed by atoms with Crippen LogP contribution in [-0.4, -0.2) is 19.5 Å². The lowest BCUT2D eigenvalue weighted by Gasteiger charge is -1.89. The Morgan fingerprint density at radius 3 is 2.67 bits per heavy atom. The van der Waals surface area contributed by atoms with Gasteiger partial charge in [-0.3, -0.25) is 0 Å². The first-order valence-electron chi connectivity index (χ1n) is 3.08. The topological polar surface area (TPSA) is 26.3 Å². The Kier molecular flexibility index (Phi) is 6.85. The first kappa shape index (κ1) is 8.37. The van der Waals surface area contributed by atoms with E-state index in [1.54, 1.807) is 0 Å². The smallest absolute Gasteiger partial charge is 0.145 e. The summed E-state index contributed by atoms with van der Waals surface area (Å²) in [5, 5.41) is 0. The molecule has 0 aromatic rings. The second kappa shape index (κ2) is 7.37. The summed E-state index contributed by atoms with van der Waals surface area (Å²) in [5.41, 5.74) is 0. The molecule has 0 N–H and O–H groups in total. The van der Waals surface area contributed by atoms with Crippen molar-refractivity contribution >= 4 is 6.29 Å². The number of rotatable bonds is 5. The van der Waals surface area contributed by atoms with Gasteiger partial charge in [-0.1, -0.05) is 19.1 Å². The molecule has 0 fully saturated rings. The summed E-state index contributed by atoms with van der Waals surface area (Å²) in [7, 11) is 0. The summed E-state index contributed by atoms with van der Waals surface area (Å²) in [6.07, 6.45) is 5.68. The Balaban J connectivity index is 2.90. The molecule has 0 saturated carbocycles. The lowest BCUT2D eigenvalue weighted by atomic mass is 10.4. The minimum Gasteiger partial charge on any atom is -0.370 e. The molecule has 0 amide bonds. The molecule has 0 aliphatic heterocycles. The third-order valence-electron chi connectivity index (χ3n) is 0.802. The summed E-state index contributed by atoms with van der Waals surface area (Å²) in [5.74, 6) is 0. The molecule has 0 unspecified atom stereocenters. The molecule has 0 aliphatic rings. The molecule has 0 aromatic heterocycles. The van der Waals surface area contributed by atoms with Crippen molar-refractivity contribution in [3.05, 3.63) is 12.2 Å². The van der Waals surface area contributed by atoms with Gasteiger partial charge < -0.3 is 9.53 Å². The van der Waals surface area contributed by atoms with Gasteiger partial charge in [0.15, 0.2) is 0 Å². The quantitative estimate of drug-likeness (QED) is 0.315. The maximum atomic E-state index is 9.69. The molecule has 0 aromatic carbocycles. The van der Waals surface area contributed by atoms with Gasteiger partial charge in [0.2, 0.25) is 0 Å². The summed E-state index contributed by atoms with van der Waals surface area (Å²) in [6, 6.07) is 0. The minimum absolute atomic E-state index is 0.202. The van der Waals surface area contributed by atoms with E-state index in [4.69, 9.17) is 4.74 Å². The van der Waals surface area contributed by atoms with Gasteiger partial charge in [-0.25, -0.2) is 0 Å². The third kappa shape index (κ3) is 7.37. The summed E-state index contributed by atoms with van der Waals surface area (Å²) in [4.78, 5) is 9.69. The summed E-state index contributed by atoms with van der Waals surface area (Å²) in [6.45, 7) is 2.80. The normalized spacial score (nSPS) is 10.3. The van der Waals surface area contributed by atoms with Crippen LogP contribution < -0.4 is 0 Å². The predicted octanol–water partition coefficient (Wildman–Crippen LogP) is 1.17. The van der Waals surface area contributed by atoms with E-state index in [-0.39, 0.29) is 6.61 Å². The average Bonchev–Trinajstić information content (AvgIpc) is 1.89. The van der Waals surface area contributed by atoms with E-state index in [0.717, 1.165) is 12.7 Å². The fourth-order valence-corrected chi connectivity index (χ4v) is 0.419. The Hall–Kier alpha value is -0.630. The van der Waals surface area contributed by atoms with Crippen LogP contribution >= 0.6 is 0 Å². The van der Waals surface area contributed by atoms with Crippen molar-refractivity contribution in [1.82, 2.24) is 0 Å². The SMILES string of the molecule is CC/C=C/COCC=O. The van der Waals surface area contributed by atoms with E-state index < -0.39 is 0 Å². The molecule has 0 radical (unpaired) electrons. The van der Waals surface area contributed by atoms with Crippen LogP contribution in [0.4, 0.5) is 0 Å². The van der Waals surface area contributed by atoms with Crippen molar-refractivity contribution in [2.75, 3.05) is 13.2 Å². The maximum absolute atomic E-state index is 9.69. The number of aldehydes is 1. The number of hydrogen-bond donors (Lipinski definition) is 0. The van der Waals surface area contributed by atoms with Crippen LogP contribution in [0.1, 0.15) is 13.3 Å². The maximum Gasteiger partial charge on any atom is 0.145 e. The van der Waals surface area contributed by atoms with Crippen molar-refractivity contribution in [3.8, 4) is 0 Å². The van der Waals surface area contributed by atoms with E-state index in [9.17, 15) is 4.79 Å². The minimum atomic E-state index is 0.202. The second-order valence-corrected chi connectivity index (χ2v) is 1.58. The molecule has 2 nitrogen and oxygen atoms in total. The summed E-state index contributed by atoms with van der Waals surface area (Å²) < 4.78 is 4.83. The van der Waals surface area contributed by atoms with Crippen LogP contribution in [-0.2, 0) is 9.53 Å². The van der Waals surface area contributed by atoms with Crippen LogP contribution in [0.25, 0.3) is 0 Å². The number of allylic oxidation sites excluding steroid dienone is 1. The van der Waals surface area contributed by atoms with Gasteiger partial charge in [-0.2, -0.15) is 0 Å². The first-order valence-corrected chi connectivity index (χ1v) is 3.08. The fraction of sp³-hybridized carbons (Fsp3) is 0.571. The molecule has 0 rings (SSSR count). The third-order valence-corrected chi connectivity index (χ3v) is 0.802. The fourth-order valence-electron chi connectivity index (χ4n) is 0.419. The standard InChI is InChI=1S/C7H12O2/c1-2-3-4-6-9-7-5-8/h3-5H,2,6-7H2,1H3/b4-3+. The van der Waals surface area contributed by atoms with Gasteiger partial charge in [0, 0.05) is 0 Å². The Labute approximate surface area is 55.5 Å². The van der Waals surface area contributed by atoms with Crippen LogP contribution in [0.5, 0.6) is 0 Å². The van der Waals surface area contributed by atoms with Crippen LogP contribution in [0, 0.1) is 0 Å². The molecule has 0 aliphatic carbocycles. The number of hydrogen-bond acceptors (Lipinski definition) is 2. The highest BCUT2D eigenvalue weighted by atomic mass is 16.5. The van der Waals surface area contributed by atoms with Gasteiger partial charge in [-0.15, -0.1) is 0 Å². The van der Waals surface area contributed by atoms with Crippen molar-refractivity contribution in [2.24, 2.45) is 0 Å². The van der Waals surface area contributed by atoms with Crippen molar-refractivity contribution in [2.45, 2.75) is 13.3 Å². The molecule has 0 heterocycles. The molecule has 0 spiro atoms. The monoisotopic (exact) mass is 128 g/mol. The van der Waals surface area contributed by atoms with Gasteiger partial charge in [0.05, 0.1) is 6.61 Å².